The van der Waals surface area contributed by atoms with Gasteiger partial charge in [-0.05, 0) is 65.9 Å². The van der Waals surface area contributed by atoms with Gasteiger partial charge in [0.1, 0.15) is 23.7 Å². The first-order chi connectivity index (χ1) is 21.9. The van der Waals surface area contributed by atoms with Crippen LogP contribution in [-0.2, 0) is 18.8 Å². The van der Waals surface area contributed by atoms with Gasteiger partial charge in [0, 0.05) is 11.5 Å². The molecule has 1 heterocycles. The van der Waals surface area contributed by atoms with Gasteiger partial charge in [0.25, 0.3) is 0 Å². The molecule has 0 bridgehead atoms. The zero-order valence-corrected chi connectivity index (χ0v) is 24.4. The standard InChI is InChI=1S/C34H28F6N2O4/c1-2-25-26(7-5-8-29(25)42-31(34(38,39)40)28(18-41-42)32(43)44)27-6-3-4-9-30(27)46-20-22-12-10-21(11-13-22)19-45-24-16-14-23(15-17-24)33(35,36)37/h3-12,14-18,22H,2,13,19-20H2,1H3,(H,43,44). The van der Waals surface area contributed by atoms with Crippen molar-refractivity contribution < 1.29 is 45.7 Å². The molecule has 240 valence electrons. The Morgan fingerprint density at radius 2 is 1.65 bits per heavy atom. The van der Waals surface area contributed by atoms with Gasteiger partial charge in [0.2, 0.25) is 0 Å². The lowest BCUT2D eigenvalue weighted by Gasteiger charge is -2.21. The Hall–Kier alpha value is -5.00. The van der Waals surface area contributed by atoms with Crippen molar-refractivity contribution in [3.05, 3.63) is 119 Å². The first kappa shape index (κ1) is 32.4. The maximum atomic E-state index is 14.0. The van der Waals surface area contributed by atoms with Crippen molar-refractivity contribution in [3.63, 3.8) is 0 Å². The second-order valence-electron chi connectivity index (χ2n) is 10.5. The Bertz CT molecular complexity index is 1770. The smallest absolute Gasteiger partial charge is 0.434 e. The molecule has 5 rings (SSSR count). The van der Waals surface area contributed by atoms with E-state index in [1.807, 2.05) is 18.2 Å². The van der Waals surface area contributed by atoms with E-state index in [0.717, 1.165) is 17.7 Å². The third-order valence-electron chi connectivity index (χ3n) is 7.48. The predicted octanol–water partition coefficient (Wildman–Crippen LogP) is 8.80. The molecule has 0 saturated heterocycles. The SMILES string of the molecule is CCc1c(-c2ccccc2OCC2C=CC(COc3ccc(C(F)(F)F)cc3)=CC2)cccc1-n1ncc(C(=O)O)c1C(F)(F)F. The molecule has 1 aliphatic carbocycles. The van der Waals surface area contributed by atoms with E-state index in [0.29, 0.717) is 58.5 Å². The van der Waals surface area contributed by atoms with Gasteiger partial charge in [-0.2, -0.15) is 31.4 Å². The van der Waals surface area contributed by atoms with Crippen LogP contribution in [0.3, 0.4) is 0 Å². The molecule has 6 nitrogen and oxygen atoms in total. The highest BCUT2D eigenvalue weighted by Gasteiger charge is 2.41. The summed E-state index contributed by atoms with van der Waals surface area (Å²) < 4.78 is 92.8. The first-order valence-electron chi connectivity index (χ1n) is 14.3. The predicted molar refractivity (Wildman–Crippen MR) is 158 cm³/mol. The summed E-state index contributed by atoms with van der Waals surface area (Å²) >= 11 is 0. The number of carboxylic acids is 1. The fourth-order valence-corrected chi connectivity index (χ4v) is 5.22. The highest BCUT2D eigenvalue weighted by atomic mass is 19.4. The molecule has 4 aromatic rings. The molecule has 1 aliphatic rings. The second-order valence-corrected chi connectivity index (χ2v) is 10.5. The van der Waals surface area contributed by atoms with Crippen molar-refractivity contribution in [2.45, 2.75) is 32.1 Å². The van der Waals surface area contributed by atoms with Gasteiger partial charge < -0.3 is 14.6 Å². The van der Waals surface area contributed by atoms with Gasteiger partial charge >= 0.3 is 18.3 Å². The van der Waals surface area contributed by atoms with Crippen LogP contribution in [-0.4, -0.2) is 34.1 Å². The quantitative estimate of drug-likeness (QED) is 0.175. The van der Waals surface area contributed by atoms with Crippen LogP contribution in [0.15, 0.2) is 96.7 Å². The largest absolute Gasteiger partial charge is 0.492 e. The number of para-hydroxylation sites is 1. The third kappa shape index (κ3) is 7.11. The van der Waals surface area contributed by atoms with E-state index in [9.17, 15) is 36.2 Å². The molecule has 0 spiro atoms. The zero-order chi connectivity index (χ0) is 33.1. The topological polar surface area (TPSA) is 73.6 Å². The minimum Gasteiger partial charge on any atom is -0.492 e. The van der Waals surface area contributed by atoms with Crippen molar-refractivity contribution in [1.29, 1.82) is 0 Å². The monoisotopic (exact) mass is 642 g/mol. The van der Waals surface area contributed by atoms with Crippen LogP contribution in [0, 0.1) is 5.92 Å². The Morgan fingerprint density at radius 3 is 2.28 bits per heavy atom. The molecule has 3 aromatic carbocycles. The fraction of sp³-hybridized carbons (Fsp3) is 0.235. The minimum atomic E-state index is -4.96. The number of allylic oxidation sites excluding steroid dienone is 1. The molecule has 0 fully saturated rings. The molecule has 46 heavy (non-hydrogen) atoms. The van der Waals surface area contributed by atoms with Gasteiger partial charge in [0.05, 0.1) is 24.1 Å². The Labute approximate surface area is 260 Å². The van der Waals surface area contributed by atoms with E-state index in [4.69, 9.17) is 9.47 Å². The highest BCUT2D eigenvalue weighted by Crippen LogP contribution is 2.39. The van der Waals surface area contributed by atoms with Gasteiger partial charge in [-0.1, -0.05) is 55.5 Å². The molecular formula is C34H28F6N2O4. The van der Waals surface area contributed by atoms with Gasteiger partial charge in [-0.3, -0.25) is 0 Å². The number of ether oxygens (including phenoxy) is 2. The molecule has 0 aliphatic heterocycles. The summed E-state index contributed by atoms with van der Waals surface area (Å²) in [4.78, 5) is 11.5. The molecule has 1 aromatic heterocycles. The summed E-state index contributed by atoms with van der Waals surface area (Å²) in [7, 11) is 0. The van der Waals surface area contributed by atoms with Crippen molar-refractivity contribution in [2.75, 3.05) is 13.2 Å². The number of carbonyl (C=O) groups is 1. The number of rotatable bonds is 10. The highest BCUT2D eigenvalue weighted by molar-refractivity contribution is 5.89. The summed E-state index contributed by atoms with van der Waals surface area (Å²) in [5.41, 5.74) is -0.265. The number of alkyl halides is 6. The summed E-state index contributed by atoms with van der Waals surface area (Å²) in [5, 5.41) is 13.2. The van der Waals surface area contributed by atoms with E-state index >= 15 is 0 Å². The number of aromatic nitrogens is 2. The Morgan fingerprint density at radius 1 is 0.935 bits per heavy atom. The molecule has 12 heteroatoms. The Kier molecular flexibility index (Phi) is 9.27. The number of hydrogen-bond donors (Lipinski definition) is 1. The van der Waals surface area contributed by atoms with Gasteiger partial charge in [0.15, 0.2) is 5.69 Å². The summed E-state index contributed by atoms with van der Waals surface area (Å²) in [6.07, 6.45) is -1.91. The van der Waals surface area contributed by atoms with E-state index in [1.54, 1.807) is 43.3 Å². The third-order valence-corrected chi connectivity index (χ3v) is 7.48. The van der Waals surface area contributed by atoms with E-state index in [2.05, 4.69) is 5.10 Å². The number of benzene rings is 3. The maximum Gasteiger partial charge on any atom is 0.434 e. The lowest BCUT2D eigenvalue weighted by Crippen LogP contribution is -2.18. The number of aromatic carboxylic acids is 1. The van der Waals surface area contributed by atoms with E-state index in [1.165, 1.54) is 18.2 Å². The average molecular weight is 643 g/mol. The summed E-state index contributed by atoms with van der Waals surface area (Å²) in [6, 6.07) is 16.5. The lowest BCUT2D eigenvalue weighted by atomic mass is 9.95. The number of carboxylic acid groups (broad SMARTS) is 1. The molecule has 1 atom stereocenters. The Balaban J connectivity index is 1.30. The minimum absolute atomic E-state index is 0.00714. The van der Waals surface area contributed by atoms with Crippen LogP contribution in [0.5, 0.6) is 11.5 Å². The van der Waals surface area contributed by atoms with Crippen LogP contribution in [0.2, 0.25) is 0 Å². The zero-order valence-electron chi connectivity index (χ0n) is 24.4. The maximum absolute atomic E-state index is 14.0. The van der Waals surface area contributed by atoms with Crippen LogP contribution >= 0.6 is 0 Å². The normalized spacial score (nSPS) is 15.0. The lowest BCUT2D eigenvalue weighted by molar-refractivity contribution is -0.143. The average Bonchev–Trinajstić information content (AvgIpc) is 3.50. The number of halogens is 6. The van der Waals surface area contributed by atoms with Crippen LogP contribution < -0.4 is 9.47 Å². The summed E-state index contributed by atoms with van der Waals surface area (Å²) in [6.45, 7) is 2.28. The van der Waals surface area contributed by atoms with Crippen molar-refractivity contribution in [3.8, 4) is 28.3 Å². The van der Waals surface area contributed by atoms with Gasteiger partial charge in [-0.25, -0.2) is 9.48 Å². The number of hydrogen-bond acceptors (Lipinski definition) is 4. The van der Waals surface area contributed by atoms with E-state index < -0.39 is 35.1 Å². The summed E-state index contributed by atoms with van der Waals surface area (Å²) in [5.74, 6) is -0.875. The molecule has 1 N–H and O–H groups in total. The van der Waals surface area contributed by atoms with Crippen LogP contribution in [0.1, 0.15) is 40.5 Å². The van der Waals surface area contributed by atoms with Crippen LogP contribution in [0.4, 0.5) is 26.3 Å². The number of nitrogens with zero attached hydrogens (tertiary/aromatic N) is 2. The molecule has 1 unspecified atom stereocenters. The van der Waals surface area contributed by atoms with Crippen molar-refractivity contribution in [1.82, 2.24) is 9.78 Å². The van der Waals surface area contributed by atoms with E-state index in [-0.39, 0.29) is 18.2 Å². The fourth-order valence-electron chi connectivity index (χ4n) is 5.22. The molecule has 0 amide bonds. The first-order valence-corrected chi connectivity index (χ1v) is 14.3. The molecular weight excluding hydrogens is 614 g/mol. The van der Waals surface area contributed by atoms with Crippen LogP contribution in [0.25, 0.3) is 16.8 Å². The molecule has 0 saturated carbocycles. The van der Waals surface area contributed by atoms with Crippen molar-refractivity contribution >= 4 is 5.97 Å². The van der Waals surface area contributed by atoms with Crippen molar-refractivity contribution in [2.24, 2.45) is 5.92 Å². The second kappa shape index (κ2) is 13.2. The van der Waals surface area contributed by atoms with Gasteiger partial charge in [-0.15, -0.1) is 0 Å². The molecule has 0 radical (unpaired) electrons.